The van der Waals surface area contributed by atoms with Gasteiger partial charge in [-0.25, -0.2) is 0 Å². The fourth-order valence-electron chi connectivity index (χ4n) is 1.09. The van der Waals surface area contributed by atoms with Gasteiger partial charge in [-0.1, -0.05) is 0 Å². The van der Waals surface area contributed by atoms with Gasteiger partial charge in [0.05, 0.1) is 13.2 Å². The first-order valence-electron chi connectivity index (χ1n) is 5.30. The summed E-state index contributed by atoms with van der Waals surface area (Å²) in [5.74, 6) is 1.27. The molecular weight excluding hydrogens is 198 g/mol. The highest BCUT2D eigenvalue weighted by molar-refractivity contribution is 7.98. The molecule has 0 heterocycles. The van der Waals surface area contributed by atoms with Crippen LogP contribution in [0.2, 0.25) is 0 Å². The third-order valence-electron chi connectivity index (χ3n) is 1.83. The van der Waals surface area contributed by atoms with Crippen molar-refractivity contribution in [3.05, 3.63) is 0 Å². The number of hydrogen-bond donors (Lipinski definition) is 2. The van der Waals surface area contributed by atoms with Crippen molar-refractivity contribution in [3.63, 3.8) is 0 Å². The lowest BCUT2D eigenvalue weighted by atomic mass is 10.3. The largest absolute Gasteiger partial charge is 0.394 e. The first-order valence-corrected chi connectivity index (χ1v) is 6.69. The molecule has 0 spiro atoms. The lowest BCUT2D eigenvalue weighted by molar-refractivity contribution is 0.0907. The van der Waals surface area contributed by atoms with E-state index in [9.17, 15) is 0 Å². The molecule has 0 aliphatic rings. The first kappa shape index (κ1) is 14.2. The molecule has 4 heteroatoms. The van der Waals surface area contributed by atoms with Crippen LogP contribution < -0.4 is 5.32 Å². The maximum Gasteiger partial charge on any atom is 0.0697 e. The Kier molecular flexibility index (Phi) is 13.4. The number of ether oxygens (including phenoxy) is 1. The molecule has 0 saturated heterocycles. The Labute approximate surface area is 91.6 Å². The van der Waals surface area contributed by atoms with Crippen molar-refractivity contribution in [2.24, 2.45) is 0 Å². The minimum absolute atomic E-state index is 0.127. The molecule has 0 aliphatic heterocycles. The molecule has 0 fully saturated rings. The monoisotopic (exact) mass is 221 g/mol. The van der Waals surface area contributed by atoms with Crippen LogP contribution in [0.5, 0.6) is 0 Å². The van der Waals surface area contributed by atoms with E-state index in [2.05, 4.69) is 11.6 Å². The molecule has 0 atom stereocenters. The van der Waals surface area contributed by atoms with Gasteiger partial charge in [-0.05, 0) is 44.4 Å². The van der Waals surface area contributed by atoms with Crippen molar-refractivity contribution in [1.29, 1.82) is 0 Å². The van der Waals surface area contributed by atoms with E-state index in [1.165, 1.54) is 18.6 Å². The molecule has 0 unspecified atom stereocenters. The third kappa shape index (κ3) is 12.2. The first-order chi connectivity index (χ1) is 6.91. The van der Waals surface area contributed by atoms with Gasteiger partial charge in [0.15, 0.2) is 0 Å². The Balaban J connectivity index is 2.78. The molecule has 3 nitrogen and oxygen atoms in total. The van der Waals surface area contributed by atoms with Crippen LogP contribution in [-0.4, -0.2) is 50.0 Å². The Hall–Kier alpha value is 0.230. The van der Waals surface area contributed by atoms with Crippen LogP contribution in [0, 0.1) is 0 Å². The van der Waals surface area contributed by atoms with Crippen LogP contribution in [-0.2, 0) is 4.74 Å². The number of aliphatic hydroxyl groups is 1. The van der Waals surface area contributed by atoms with Crippen LogP contribution in [0.3, 0.4) is 0 Å². The summed E-state index contributed by atoms with van der Waals surface area (Å²) in [4.78, 5) is 0. The predicted octanol–water partition coefficient (Wildman–Crippen LogP) is 1.12. The summed E-state index contributed by atoms with van der Waals surface area (Å²) in [7, 11) is 0. The Morgan fingerprint density at radius 2 is 1.93 bits per heavy atom. The highest BCUT2D eigenvalue weighted by atomic mass is 32.2. The minimum Gasteiger partial charge on any atom is -0.394 e. The summed E-state index contributed by atoms with van der Waals surface area (Å²) in [5.41, 5.74) is 0. The standard InChI is InChI=1S/C10H23NO2S/c1-14-10-3-2-5-11-6-4-8-13-9-7-12/h11-12H,2-10H2,1H3. The van der Waals surface area contributed by atoms with Gasteiger partial charge < -0.3 is 15.2 Å². The maximum atomic E-state index is 8.45. The Bertz CT molecular complexity index is 92.1. The van der Waals surface area contributed by atoms with E-state index in [-0.39, 0.29) is 6.61 Å². The molecule has 0 bridgehead atoms. The highest BCUT2D eigenvalue weighted by Gasteiger charge is 1.90. The van der Waals surface area contributed by atoms with Gasteiger partial charge in [-0.3, -0.25) is 0 Å². The van der Waals surface area contributed by atoms with Crippen LogP contribution >= 0.6 is 11.8 Å². The van der Waals surface area contributed by atoms with Crippen LogP contribution in [0.4, 0.5) is 0 Å². The second kappa shape index (κ2) is 13.2. The van der Waals surface area contributed by atoms with Gasteiger partial charge in [-0.15, -0.1) is 0 Å². The van der Waals surface area contributed by atoms with Gasteiger partial charge in [-0.2, -0.15) is 11.8 Å². The predicted molar refractivity (Wildman–Crippen MR) is 63.0 cm³/mol. The van der Waals surface area contributed by atoms with E-state index < -0.39 is 0 Å². The SMILES string of the molecule is CSCCCCNCCCOCCO. The lowest BCUT2D eigenvalue weighted by Gasteiger charge is -2.04. The Morgan fingerprint density at radius 1 is 1.14 bits per heavy atom. The van der Waals surface area contributed by atoms with Gasteiger partial charge in [0.25, 0.3) is 0 Å². The normalized spacial score (nSPS) is 10.7. The lowest BCUT2D eigenvalue weighted by Crippen LogP contribution is -2.18. The molecular formula is C10H23NO2S. The number of aliphatic hydroxyl groups excluding tert-OH is 1. The number of thioether (sulfide) groups is 1. The summed E-state index contributed by atoms with van der Waals surface area (Å²) < 4.78 is 5.13. The highest BCUT2D eigenvalue weighted by Crippen LogP contribution is 1.97. The topological polar surface area (TPSA) is 41.5 Å². The van der Waals surface area contributed by atoms with Crippen molar-refractivity contribution < 1.29 is 9.84 Å². The van der Waals surface area contributed by atoms with E-state index in [1.54, 1.807) is 0 Å². The molecule has 14 heavy (non-hydrogen) atoms. The molecule has 0 aromatic rings. The maximum absolute atomic E-state index is 8.45. The summed E-state index contributed by atoms with van der Waals surface area (Å²) in [6, 6.07) is 0. The molecule has 0 saturated carbocycles. The Morgan fingerprint density at radius 3 is 2.64 bits per heavy atom. The smallest absolute Gasteiger partial charge is 0.0697 e. The fourth-order valence-corrected chi connectivity index (χ4v) is 1.58. The van der Waals surface area contributed by atoms with Crippen LogP contribution in [0.25, 0.3) is 0 Å². The van der Waals surface area contributed by atoms with Crippen molar-refractivity contribution in [2.75, 3.05) is 44.9 Å². The van der Waals surface area contributed by atoms with E-state index >= 15 is 0 Å². The zero-order valence-corrected chi connectivity index (χ0v) is 9.94. The summed E-state index contributed by atoms with van der Waals surface area (Å²) in [6.45, 7) is 3.47. The number of nitrogens with one attached hydrogen (secondary N) is 1. The van der Waals surface area contributed by atoms with E-state index in [4.69, 9.17) is 9.84 Å². The third-order valence-corrected chi connectivity index (χ3v) is 2.53. The van der Waals surface area contributed by atoms with E-state index in [0.29, 0.717) is 6.61 Å². The molecule has 2 N–H and O–H groups in total. The van der Waals surface area contributed by atoms with E-state index in [1.807, 2.05) is 11.8 Å². The summed E-state index contributed by atoms with van der Waals surface area (Å²) >= 11 is 1.91. The van der Waals surface area contributed by atoms with Crippen LogP contribution in [0.1, 0.15) is 19.3 Å². The molecule has 0 radical (unpaired) electrons. The fraction of sp³-hybridized carbons (Fsp3) is 1.00. The number of rotatable bonds is 11. The molecule has 0 aliphatic carbocycles. The van der Waals surface area contributed by atoms with Gasteiger partial charge in [0.2, 0.25) is 0 Å². The van der Waals surface area contributed by atoms with Gasteiger partial charge in [0.1, 0.15) is 0 Å². The molecule has 0 amide bonds. The molecule has 0 aromatic carbocycles. The second-order valence-electron chi connectivity index (χ2n) is 3.14. The van der Waals surface area contributed by atoms with Gasteiger partial charge >= 0.3 is 0 Å². The van der Waals surface area contributed by atoms with Crippen LogP contribution in [0.15, 0.2) is 0 Å². The molecule has 86 valence electrons. The molecule has 0 rings (SSSR count). The number of hydrogen-bond acceptors (Lipinski definition) is 4. The number of unbranched alkanes of at least 4 members (excludes halogenated alkanes) is 1. The summed E-state index contributed by atoms with van der Waals surface area (Å²) in [6.07, 6.45) is 5.74. The van der Waals surface area contributed by atoms with Crippen molar-refractivity contribution in [2.45, 2.75) is 19.3 Å². The molecule has 0 aromatic heterocycles. The van der Waals surface area contributed by atoms with Crippen molar-refractivity contribution >= 4 is 11.8 Å². The minimum atomic E-state index is 0.127. The average Bonchev–Trinajstić information content (AvgIpc) is 2.21. The summed E-state index contributed by atoms with van der Waals surface area (Å²) in [5, 5.41) is 11.8. The zero-order valence-electron chi connectivity index (χ0n) is 9.13. The zero-order chi connectivity index (χ0) is 10.5. The average molecular weight is 221 g/mol. The van der Waals surface area contributed by atoms with Crippen molar-refractivity contribution in [1.82, 2.24) is 5.32 Å². The van der Waals surface area contributed by atoms with Gasteiger partial charge in [0, 0.05) is 6.61 Å². The second-order valence-corrected chi connectivity index (χ2v) is 4.13. The van der Waals surface area contributed by atoms with Crippen molar-refractivity contribution in [3.8, 4) is 0 Å². The quantitative estimate of drug-likeness (QED) is 0.513. The van der Waals surface area contributed by atoms with E-state index in [0.717, 1.165) is 26.1 Å².